The average molecular weight is 273 g/mol. The van der Waals surface area contributed by atoms with Crippen molar-refractivity contribution in [3.05, 3.63) is 53.8 Å². The van der Waals surface area contributed by atoms with Crippen molar-refractivity contribution in [3.8, 4) is 16.9 Å². The minimum atomic E-state index is -0.209. The number of benzene rings is 2. The summed E-state index contributed by atoms with van der Waals surface area (Å²) < 4.78 is 19.0. The van der Waals surface area contributed by atoms with Gasteiger partial charge in [0.1, 0.15) is 11.6 Å². The summed E-state index contributed by atoms with van der Waals surface area (Å²) in [5.41, 5.74) is 3.05. The van der Waals surface area contributed by atoms with Crippen LogP contribution in [0.1, 0.15) is 19.4 Å². The van der Waals surface area contributed by atoms with Gasteiger partial charge in [0.05, 0.1) is 6.10 Å². The second-order valence-electron chi connectivity index (χ2n) is 5.02. The van der Waals surface area contributed by atoms with E-state index in [2.05, 4.69) is 5.32 Å². The fraction of sp³-hybridized carbons (Fsp3) is 0.294. The summed E-state index contributed by atoms with van der Waals surface area (Å²) in [6, 6.07) is 12.8. The normalized spacial score (nSPS) is 10.8. The summed E-state index contributed by atoms with van der Waals surface area (Å²) in [6.45, 7) is 4.63. The van der Waals surface area contributed by atoms with Gasteiger partial charge in [-0.15, -0.1) is 0 Å². The van der Waals surface area contributed by atoms with Crippen molar-refractivity contribution < 1.29 is 9.13 Å². The topological polar surface area (TPSA) is 21.3 Å². The van der Waals surface area contributed by atoms with Crippen LogP contribution >= 0.6 is 0 Å². The summed E-state index contributed by atoms with van der Waals surface area (Å²) in [5, 5.41) is 3.07. The molecule has 2 nitrogen and oxygen atoms in total. The monoisotopic (exact) mass is 273 g/mol. The third kappa shape index (κ3) is 3.58. The van der Waals surface area contributed by atoms with E-state index in [-0.39, 0.29) is 11.9 Å². The van der Waals surface area contributed by atoms with Gasteiger partial charge < -0.3 is 10.1 Å². The first-order valence-electron chi connectivity index (χ1n) is 6.80. The Hall–Kier alpha value is -1.87. The highest BCUT2D eigenvalue weighted by molar-refractivity contribution is 5.68. The first-order chi connectivity index (χ1) is 9.60. The van der Waals surface area contributed by atoms with Crippen LogP contribution in [0.25, 0.3) is 11.1 Å². The van der Waals surface area contributed by atoms with Gasteiger partial charge in [-0.3, -0.25) is 0 Å². The highest BCUT2D eigenvalue weighted by Crippen LogP contribution is 2.26. The van der Waals surface area contributed by atoms with Crippen LogP contribution in [0.4, 0.5) is 4.39 Å². The lowest BCUT2D eigenvalue weighted by atomic mass is 9.99. The Morgan fingerprint density at radius 2 is 1.80 bits per heavy atom. The van der Waals surface area contributed by atoms with Crippen LogP contribution in [0.15, 0.2) is 42.5 Å². The maximum absolute atomic E-state index is 13.3. The number of hydrogen-bond donors (Lipinski definition) is 1. The van der Waals surface area contributed by atoms with Crippen molar-refractivity contribution in [2.75, 3.05) is 7.05 Å². The van der Waals surface area contributed by atoms with Crippen molar-refractivity contribution in [1.29, 1.82) is 0 Å². The van der Waals surface area contributed by atoms with Gasteiger partial charge in [-0.2, -0.15) is 0 Å². The summed E-state index contributed by atoms with van der Waals surface area (Å²) in [6.07, 6.45) is 0.159. The number of halogens is 1. The van der Waals surface area contributed by atoms with Gasteiger partial charge in [0, 0.05) is 6.54 Å². The molecule has 20 heavy (non-hydrogen) atoms. The van der Waals surface area contributed by atoms with Crippen LogP contribution in [0.3, 0.4) is 0 Å². The van der Waals surface area contributed by atoms with E-state index in [1.54, 1.807) is 6.07 Å². The van der Waals surface area contributed by atoms with Crippen molar-refractivity contribution in [2.45, 2.75) is 26.5 Å². The molecular weight excluding hydrogens is 253 g/mol. The molecule has 0 spiro atoms. The Morgan fingerprint density at radius 3 is 2.40 bits per heavy atom. The molecule has 3 heteroatoms. The zero-order valence-electron chi connectivity index (χ0n) is 12.1. The predicted octanol–water partition coefficient (Wildman–Crippen LogP) is 4.00. The second-order valence-corrected chi connectivity index (χ2v) is 5.02. The molecule has 0 unspecified atom stereocenters. The molecule has 2 rings (SSSR count). The van der Waals surface area contributed by atoms with E-state index in [9.17, 15) is 4.39 Å². The Bertz CT molecular complexity index is 564. The highest BCUT2D eigenvalue weighted by atomic mass is 19.1. The number of nitrogens with one attached hydrogen (secondary N) is 1. The van der Waals surface area contributed by atoms with E-state index < -0.39 is 0 Å². The molecule has 0 heterocycles. The fourth-order valence-electron chi connectivity index (χ4n) is 2.17. The van der Waals surface area contributed by atoms with Gasteiger partial charge in [-0.25, -0.2) is 4.39 Å². The van der Waals surface area contributed by atoms with Gasteiger partial charge in [-0.1, -0.05) is 18.2 Å². The molecule has 0 radical (unpaired) electrons. The van der Waals surface area contributed by atoms with E-state index in [0.717, 1.165) is 22.4 Å². The molecule has 0 aliphatic heterocycles. The molecule has 0 aliphatic rings. The maximum Gasteiger partial charge on any atom is 0.123 e. The van der Waals surface area contributed by atoms with Gasteiger partial charge >= 0.3 is 0 Å². The van der Waals surface area contributed by atoms with E-state index >= 15 is 0 Å². The molecule has 0 atom stereocenters. The standard InChI is InChI=1S/C17H20FNO/c1-12(2)20-16-7-4-13(5-8-16)17-9-6-15(18)10-14(17)11-19-3/h4-10,12,19H,11H2,1-3H3. The predicted molar refractivity (Wildman–Crippen MR) is 80.4 cm³/mol. The number of ether oxygens (including phenoxy) is 1. The minimum Gasteiger partial charge on any atom is -0.491 e. The SMILES string of the molecule is CNCc1cc(F)ccc1-c1ccc(OC(C)C)cc1. The quantitative estimate of drug-likeness (QED) is 0.889. The highest BCUT2D eigenvalue weighted by Gasteiger charge is 2.07. The Morgan fingerprint density at radius 1 is 1.10 bits per heavy atom. The molecule has 0 bridgehead atoms. The molecule has 0 fully saturated rings. The molecular formula is C17H20FNO. The lowest BCUT2D eigenvalue weighted by molar-refractivity contribution is 0.242. The van der Waals surface area contributed by atoms with E-state index in [1.165, 1.54) is 6.07 Å². The van der Waals surface area contributed by atoms with Crippen molar-refractivity contribution >= 4 is 0 Å². The van der Waals surface area contributed by atoms with Crippen LogP contribution in [-0.2, 0) is 6.54 Å². The molecule has 0 aliphatic carbocycles. The maximum atomic E-state index is 13.3. The van der Waals surface area contributed by atoms with Crippen LogP contribution in [0.5, 0.6) is 5.75 Å². The van der Waals surface area contributed by atoms with Crippen molar-refractivity contribution in [1.82, 2.24) is 5.32 Å². The summed E-state index contributed by atoms with van der Waals surface area (Å²) in [7, 11) is 1.86. The first-order valence-corrected chi connectivity index (χ1v) is 6.80. The van der Waals surface area contributed by atoms with Gasteiger partial charge in [0.2, 0.25) is 0 Å². The minimum absolute atomic E-state index is 0.159. The first kappa shape index (κ1) is 14.5. The molecule has 0 amide bonds. The second kappa shape index (κ2) is 6.53. The zero-order valence-corrected chi connectivity index (χ0v) is 12.1. The third-order valence-electron chi connectivity index (χ3n) is 2.97. The Kier molecular flexibility index (Phi) is 4.74. The molecule has 0 saturated heterocycles. The lowest BCUT2D eigenvalue weighted by Crippen LogP contribution is -2.07. The van der Waals surface area contributed by atoms with E-state index in [4.69, 9.17) is 4.74 Å². The van der Waals surface area contributed by atoms with Gasteiger partial charge in [0.15, 0.2) is 0 Å². The van der Waals surface area contributed by atoms with Crippen LogP contribution in [0.2, 0.25) is 0 Å². The van der Waals surface area contributed by atoms with Crippen LogP contribution < -0.4 is 10.1 Å². The molecule has 106 valence electrons. The van der Waals surface area contributed by atoms with Crippen molar-refractivity contribution in [2.24, 2.45) is 0 Å². The third-order valence-corrected chi connectivity index (χ3v) is 2.97. The summed E-state index contributed by atoms with van der Waals surface area (Å²) in [4.78, 5) is 0. The fourth-order valence-corrected chi connectivity index (χ4v) is 2.17. The lowest BCUT2D eigenvalue weighted by Gasteiger charge is -2.12. The average Bonchev–Trinajstić information content (AvgIpc) is 2.40. The Balaban J connectivity index is 2.31. The van der Waals surface area contributed by atoms with Gasteiger partial charge in [-0.05, 0) is 61.9 Å². The number of rotatable bonds is 5. The smallest absolute Gasteiger partial charge is 0.123 e. The summed E-state index contributed by atoms with van der Waals surface area (Å²) in [5.74, 6) is 0.639. The summed E-state index contributed by atoms with van der Waals surface area (Å²) >= 11 is 0. The molecule has 2 aromatic carbocycles. The van der Waals surface area contributed by atoms with E-state index in [1.807, 2.05) is 51.2 Å². The van der Waals surface area contributed by atoms with Gasteiger partial charge in [0.25, 0.3) is 0 Å². The van der Waals surface area contributed by atoms with Crippen LogP contribution in [0, 0.1) is 5.82 Å². The van der Waals surface area contributed by atoms with E-state index in [0.29, 0.717) is 6.54 Å². The largest absolute Gasteiger partial charge is 0.491 e. The molecule has 2 aromatic rings. The number of hydrogen-bond acceptors (Lipinski definition) is 2. The Labute approximate surface area is 119 Å². The van der Waals surface area contributed by atoms with Crippen molar-refractivity contribution in [3.63, 3.8) is 0 Å². The molecule has 0 saturated carbocycles. The zero-order chi connectivity index (χ0) is 14.5. The molecule has 1 N–H and O–H groups in total. The van der Waals surface area contributed by atoms with Crippen LogP contribution in [-0.4, -0.2) is 13.2 Å². The molecule has 0 aromatic heterocycles.